The zero-order chi connectivity index (χ0) is 16.5. The van der Waals surface area contributed by atoms with Crippen LogP contribution in [0.2, 0.25) is 0 Å². The Bertz CT molecular complexity index is 899. The van der Waals surface area contributed by atoms with E-state index in [4.69, 9.17) is 4.98 Å². The summed E-state index contributed by atoms with van der Waals surface area (Å²) >= 11 is 0. The molecule has 1 aliphatic heterocycles. The van der Waals surface area contributed by atoms with Gasteiger partial charge in [0.05, 0.1) is 11.2 Å². The Balaban J connectivity index is 1.85. The van der Waals surface area contributed by atoms with Crippen LogP contribution in [0, 0.1) is 0 Å². The number of nitrogens with zero attached hydrogens (tertiary/aromatic N) is 5. The topological polar surface area (TPSA) is 45.2 Å². The first-order valence-corrected chi connectivity index (χ1v) is 8.05. The van der Waals surface area contributed by atoms with Crippen LogP contribution in [-0.2, 0) is 0 Å². The molecule has 1 aliphatic rings. The molecule has 5 nitrogen and oxygen atoms in total. The van der Waals surface area contributed by atoms with E-state index >= 15 is 0 Å². The maximum Gasteiger partial charge on any atom is 0.161 e. The average Bonchev–Trinajstić information content (AvgIpc) is 3.15. The second-order valence-corrected chi connectivity index (χ2v) is 6.06. The van der Waals surface area contributed by atoms with Gasteiger partial charge in [0.15, 0.2) is 5.82 Å². The van der Waals surface area contributed by atoms with Gasteiger partial charge in [-0.05, 0) is 24.6 Å². The quantitative estimate of drug-likeness (QED) is 0.740. The van der Waals surface area contributed by atoms with Gasteiger partial charge in [-0.1, -0.05) is 18.2 Å². The molecule has 0 amide bonds. The summed E-state index contributed by atoms with van der Waals surface area (Å²) in [5.74, 6) is 0.876. The molecule has 0 unspecified atom stereocenters. The van der Waals surface area contributed by atoms with Gasteiger partial charge in [0.1, 0.15) is 5.52 Å². The average molecular weight is 317 g/mol. The van der Waals surface area contributed by atoms with Gasteiger partial charge in [0.2, 0.25) is 0 Å². The van der Waals surface area contributed by atoms with Crippen LogP contribution >= 0.6 is 0 Å². The predicted octanol–water partition coefficient (Wildman–Crippen LogP) is 3.48. The van der Waals surface area contributed by atoms with Crippen molar-refractivity contribution in [2.24, 2.45) is 0 Å². The fourth-order valence-electron chi connectivity index (χ4n) is 2.90. The van der Waals surface area contributed by atoms with Crippen LogP contribution in [0.25, 0.3) is 22.3 Å². The maximum atomic E-state index is 4.89. The zero-order valence-electron chi connectivity index (χ0n) is 13.8. The molecule has 0 saturated carbocycles. The van der Waals surface area contributed by atoms with Crippen molar-refractivity contribution in [3.05, 3.63) is 55.0 Å². The van der Waals surface area contributed by atoms with Gasteiger partial charge in [0.25, 0.3) is 0 Å². The van der Waals surface area contributed by atoms with Crippen molar-refractivity contribution in [3.8, 4) is 11.3 Å². The Morgan fingerprint density at radius 1 is 1.04 bits per heavy atom. The molecule has 0 atom stereocenters. The largest absolute Gasteiger partial charge is 0.378 e. The van der Waals surface area contributed by atoms with Crippen LogP contribution in [-0.4, -0.2) is 35.6 Å². The minimum Gasteiger partial charge on any atom is -0.378 e. The lowest BCUT2D eigenvalue weighted by molar-refractivity contribution is 0.976. The summed E-state index contributed by atoms with van der Waals surface area (Å²) < 4.78 is 0. The van der Waals surface area contributed by atoms with Gasteiger partial charge in [-0.15, -0.1) is 0 Å². The molecule has 0 fully saturated rings. The van der Waals surface area contributed by atoms with Crippen molar-refractivity contribution < 1.29 is 0 Å². The number of fused-ring (bicyclic) bond motifs is 1. The molecule has 0 spiro atoms. The van der Waals surface area contributed by atoms with Gasteiger partial charge in [-0.25, -0.2) is 9.97 Å². The molecule has 3 aromatic rings. The van der Waals surface area contributed by atoms with Crippen molar-refractivity contribution in [1.29, 1.82) is 0 Å². The highest BCUT2D eigenvalue weighted by atomic mass is 15.2. The van der Waals surface area contributed by atoms with E-state index in [9.17, 15) is 0 Å². The van der Waals surface area contributed by atoms with E-state index in [0.717, 1.165) is 41.1 Å². The molecular formula is C19H19N5. The lowest BCUT2D eigenvalue weighted by atomic mass is 10.1. The van der Waals surface area contributed by atoms with Crippen molar-refractivity contribution in [2.45, 2.75) is 6.42 Å². The summed E-state index contributed by atoms with van der Waals surface area (Å²) in [6, 6.07) is 10.4. The van der Waals surface area contributed by atoms with Crippen LogP contribution in [0.4, 0.5) is 11.5 Å². The Hall–Kier alpha value is -2.95. The fraction of sp³-hybridized carbons (Fsp3) is 0.211. The second kappa shape index (κ2) is 5.92. The Morgan fingerprint density at radius 3 is 2.54 bits per heavy atom. The maximum absolute atomic E-state index is 4.89. The van der Waals surface area contributed by atoms with Gasteiger partial charge in [-0.3, -0.25) is 4.98 Å². The summed E-state index contributed by atoms with van der Waals surface area (Å²) in [5.41, 5.74) is 4.88. The summed E-state index contributed by atoms with van der Waals surface area (Å²) in [6.07, 6.45) is 8.71. The number of anilines is 2. The zero-order valence-corrected chi connectivity index (χ0v) is 13.8. The number of aromatic nitrogens is 3. The second-order valence-electron chi connectivity index (χ2n) is 6.06. The normalized spacial score (nSPS) is 13.7. The van der Waals surface area contributed by atoms with E-state index in [0.29, 0.717) is 0 Å². The van der Waals surface area contributed by atoms with E-state index in [1.165, 1.54) is 5.69 Å². The Labute approximate surface area is 141 Å². The molecule has 120 valence electrons. The molecule has 2 aromatic heterocycles. The minimum atomic E-state index is 0.845. The molecule has 0 aliphatic carbocycles. The lowest BCUT2D eigenvalue weighted by Crippen LogP contribution is -2.15. The van der Waals surface area contributed by atoms with Crippen molar-refractivity contribution >= 4 is 22.5 Å². The molecule has 4 rings (SSSR count). The molecule has 24 heavy (non-hydrogen) atoms. The van der Waals surface area contributed by atoms with E-state index < -0.39 is 0 Å². The van der Waals surface area contributed by atoms with Crippen LogP contribution < -0.4 is 9.80 Å². The molecule has 0 radical (unpaired) electrons. The number of hydrogen-bond donors (Lipinski definition) is 0. The summed E-state index contributed by atoms with van der Waals surface area (Å²) in [4.78, 5) is 18.1. The van der Waals surface area contributed by atoms with Gasteiger partial charge < -0.3 is 9.80 Å². The van der Waals surface area contributed by atoms with Crippen molar-refractivity contribution in [2.75, 3.05) is 30.4 Å². The summed E-state index contributed by atoms with van der Waals surface area (Å²) in [7, 11) is 4.08. The third-order valence-corrected chi connectivity index (χ3v) is 4.21. The SMILES string of the molecule is CN(C)c1ccc(-c2cc3nccnc3c(N3C=CCC3)n2)cc1. The summed E-state index contributed by atoms with van der Waals surface area (Å²) in [5, 5.41) is 0. The third kappa shape index (κ3) is 2.58. The number of hydrogen-bond acceptors (Lipinski definition) is 5. The first-order valence-electron chi connectivity index (χ1n) is 8.05. The van der Waals surface area contributed by atoms with Crippen molar-refractivity contribution in [3.63, 3.8) is 0 Å². The predicted molar refractivity (Wildman–Crippen MR) is 98.2 cm³/mol. The van der Waals surface area contributed by atoms with E-state index in [1.807, 2.05) is 20.2 Å². The molecule has 0 N–H and O–H groups in total. The Morgan fingerprint density at radius 2 is 1.83 bits per heavy atom. The van der Waals surface area contributed by atoms with Gasteiger partial charge in [0, 0.05) is 50.5 Å². The van der Waals surface area contributed by atoms with Gasteiger partial charge >= 0.3 is 0 Å². The van der Waals surface area contributed by atoms with Crippen molar-refractivity contribution in [1.82, 2.24) is 15.0 Å². The number of rotatable bonds is 3. The van der Waals surface area contributed by atoms with Crippen LogP contribution in [0.5, 0.6) is 0 Å². The molecule has 3 heterocycles. The summed E-state index contributed by atoms with van der Waals surface area (Å²) in [6.45, 7) is 0.932. The fourth-order valence-corrected chi connectivity index (χ4v) is 2.90. The third-order valence-electron chi connectivity index (χ3n) is 4.21. The molecule has 0 saturated heterocycles. The monoisotopic (exact) mass is 317 g/mol. The van der Waals surface area contributed by atoms with E-state index in [1.54, 1.807) is 12.4 Å². The first-order chi connectivity index (χ1) is 11.7. The highest BCUT2D eigenvalue weighted by Crippen LogP contribution is 2.30. The number of benzene rings is 1. The molecule has 5 heteroatoms. The molecule has 0 bridgehead atoms. The number of pyridine rings is 1. The standard InChI is InChI=1S/C19H19N5/c1-23(2)15-7-5-14(6-8-15)16-13-17-18(21-10-9-20-17)19(22-16)24-11-3-4-12-24/h3,5-11,13H,4,12H2,1-2H3. The van der Waals surface area contributed by atoms with Gasteiger partial charge in [-0.2, -0.15) is 0 Å². The smallest absolute Gasteiger partial charge is 0.161 e. The molecule has 1 aromatic carbocycles. The van der Waals surface area contributed by atoms with Crippen LogP contribution in [0.15, 0.2) is 55.0 Å². The lowest BCUT2D eigenvalue weighted by Gasteiger charge is -2.17. The van der Waals surface area contributed by atoms with Crippen LogP contribution in [0.1, 0.15) is 6.42 Å². The first kappa shape index (κ1) is 14.6. The minimum absolute atomic E-state index is 0.845. The molecular weight excluding hydrogens is 298 g/mol. The van der Waals surface area contributed by atoms with Crippen LogP contribution in [0.3, 0.4) is 0 Å². The van der Waals surface area contributed by atoms with E-state index in [2.05, 4.69) is 56.3 Å². The highest BCUT2D eigenvalue weighted by molar-refractivity contribution is 5.89. The van der Waals surface area contributed by atoms with E-state index in [-0.39, 0.29) is 0 Å². The highest BCUT2D eigenvalue weighted by Gasteiger charge is 2.16. The Kier molecular flexibility index (Phi) is 3.61.